The molecule has 0 saturated heterocycles. The Bertz CT molecular complexity index is 1390. The SMILES string of the molecule is Cc1c(OCc2ccc(F)cc2)nc(C)n(-c2cccc(-c3ccnc(C(C)(C)O)n3)c2)c1=O. The van der Waals surface area contributed by atoms with E-state index >= 15 is 0 Å². The lowest BCUT2D eigenvalue weighted by atomic mass is 10.1. The van der Waals surface area contributed by atoms with Crippen LogP contribution in [0.1, 0.15) is 36.6 Å². The van der Waals surface area contributed by atoms with Crippen molar-refractivity contribution in [3.63, 3.8) is 0 Å². The molecule has 0 amide bonds. The first-order valence-corrected chi connectivity index (χ1v) is 10.8. The molecule has 0 aliphatic rings. The Kier molecular flexibility index (Phi) is 6.26. The van der Waals surface area contributed by atoms with Crippen LogP contribution in [0.25, 0.3) is 16.9 Å². The molecule has 34 heavy (non-hydrogen) atoms. The Morgan fingerprint density at radius 2 is 1.79 bits per heavy atom. The number of benzene rings is 2. The molecule has 0 aliphatic carbocycles. The highest BCUT2D eigenvalue weighted by Gasteiger charge is 2.20. The van der Waals surface area contributed by atoms with Crippen LogP contribution in [-0.4, -0.2) is 24.6 Å². The number of halogens is 1. The van der Waals surface area contributed by atoms with E-state index in [9.17, 15) is 14.3 Å². The molecule has 0 bridgehead atoms. The summed E-state index contributed by atoms with van der Waals surface area (Å²) in [5, 5.41) is 10.2. The molecule has 8 heteroatoms. The summed E-state index contributed by atoms with van der Waals surface area (Å²) >= 11 is 0. The zero-order valence-electron chi connectivity index (χ0n) is 19.4. The van der Waals surface area contributed by atoms with Crippen molar-refractivity contribution in [3.8, 4) is 22.8 Å². The van der Waals surface area contributed by atoms with E-state index in [1.54, 1.807) is 52.1 Å². The number of aromatic nitrogens is 4. The maximum absolute atomic E-state index is 13.2. The van der Waals surface area contributed by atoms with E-state index in [-0.39, 0.29) is 23.9 Å². The fraction of sp³-hybridized carbons (Fsp3) is 0.231. The molecule has 1 N–H and O–H groups in total. The molecule has 2 heterocycles. The van der Waals surface area contributed by atoms with Crippen LogP contribution in [0.5, 0.6) is 5.88 Å². The summed E-state index contributed by atoms with van der Waals surface area (Å²) in [7, 11) is 0. The van der Waals surface area contributed by atoms with Gasteiger partial charge in [0, 0.05) is 11.8 Å². The van der Waals surface area contributed by atoms with Crippen LogP contribution in [0, 0.1) is 19.7 Å². The fourth-order valence-electron chi connectivity index (χ4n) is 3.48. The molecular weight excluding hydrogens is 435 g/mol. The van der Waals surface area contributed by atoms with Gasteiger partial charge in [0.25, 0.3) is 5.56 Å². The molecule has 4 aromatic rings. The minimum absolute atomic E-state index is 0.170. The monoisotopic (exact) mass is 460 g/mol. The summed E-state index contributed by atoms with van der Waals surface area (Å²) in [5.74, 6) is 0.687. The number of aryl methyl sites for hydroxylation is 1. The van der Waals surface area contributed by atoms with Gasteiger partial charge in [0.2, 0.25) is 5.88 Å². The van der Waals surface area contributed by atoms with Gasteiger partial charge < -0.3 is 9.84 Å². The first-order valence-electron chi connectivity index (χ1n) is 10.8. The largest absolute Gasteiger partial charge is 0.472 e. The maximum Gasteiger partial charge on any atom is 0.264 e. The standard InChI is InChI=1S/C26H25FN4O3/c1-16-23(34-15-18-8-10-20(27)11-9-18)29-17(2)31(24(16)32)21-7-5-6-19(14-21)22-12-13-28-25(30-22)26(3,4)33/h5-14,33H,15H2,1-4H3. The number of hydrogen-bond acceptors (Lipinski definition) is 6. The number of rotatable bonds is 6. The molecule has 0 fully saturated rings. The molecule has 2 aromatic heterocycles. The van der Waals surface area contributed by atoms with E-state index in [1.807, 2.05) is 24.3 Å². The van der Waals surface area contributed by atoms with E-state index < -0.39 is 5.60 Å². The normalized spacial score (nSPS) is 11.5. The van der Waals surface area contributed by atoms with Crippen molar-refractivity contribution < 1.29 is 14.2 Å². The Balaban J connectivity index is 1.67. The summed E-state index contributed by atoms with van der Waals surface area (Å²) in [5.41, 5.74) is 1.74. The maximum atomic E-state index is 13.2. The topological polar surface area (TPSA) is 90.1 Å². The van der Waals surface area contributed by atoms with Crippen LogP contribution in [-0.2, 0) is 12.2 Å². The Morgan fingerprint density at radius 1 is 1.06 bits per heavy atom. The van der Waals surface area contributed by atoms with Gasteiger partial charge in [0.1, 0.15) is 23.8 Å². The van der Waals surface area contributed by atoms with Crippen molar-refractivity contribution in [1.82, 2.24) is 19.5 Å². The van der Waals surface area contributed by atoms with Crippen molar-refractivity contribution in [3.05, 3.63) is 99.7 Å². The summed E-state index contributed by atoms with van der Waals surface area (Å²) in [6, 6.07) is 15.1. The van der Waals surface area contributed by atoms with Gasteiger partial charge in [-0.1, -0.05) is 24.3 Å². The molecule has 0 aliphatic heterocycles. The minimum Gasteiger partial charge on any atom is -0.472 e. The second-order valence-corrected chi connectivity index (χ2v) is 8.52. The Morgan fingerprint density at radius 3 is 2.50 bits per heavy atom. The van der Waals surface area contributed by atoms with Crippen LogP contribution in [0.4, 0.5) is 4.39 Å². The smallest absolute Gasteiger partial charge is 0.264 e. The number of ether oxygens (including phenoxy) is 1. The number of nitrogens with zero attached hydrogens (tertiary/aromatic N) is 4. The van der Waals surface area contributed by atoms with Gasteiger partial charge >= 0.3 is 0 Å². The van der Waals surface area contributed by atoms with Crippen molar-refractivity contribution in [2.75, 3.05) is 0 Å². The average Bonchev–Trinajstić information content (AvgIpc) is 2.81. The molecule has 0 saturated carbocycles. The van der Waals surface area contributed by atoms with E-state index in [1.165, 1.54) is 16.7 Å². The van der Waals surface area contributed by atoms with Crippen molar-refractivity contribution in [2.24, 2.45) is 0 Å². The lowest BCUT2D eigenvalue weighted by molar-refractivity contribution is 0.0688. The molecule has 0 unspecified atom stereocenters. The third-order valence-electron chi connectivity index (χ3n) is 5.32. The second kappa shape index (κ2) is 9.15. The third kappa shape index (κ3) is 4.87. The van der Waals surface area contributed by atoms with Crippen molar-refractivity contribution in [1.29, 1.82) is 0 Å². The predicted molar refractivity (Wildman–Crippen MR) is 126 cm³/mol. The first kappa shape index (κ1) is 23.3. The lowest BCUT2D eigenvalue weighted by Gasteiger charge is -2.17. The highest BCUT2D eigenvalue weighted by Crippen LogP contribution is 2.24. The van der Waals surface area contributed by atoms with E-state index in [4.69, 9.17) is 4.74 Å². The van der Waals surface area contributed by atoms with Gasteiger partial charge in [0.15, 0.2) is 5.82 Å². The second-order valence-electron chi connectivity index (χ2n) is 8.52. The van der Waals surface area contributed by atoms with Crippen LogP contribution in [0.15, 0.2) is 65.6 Å². The predicted octanol–water partition coefficient (Wildman–Crippen LogP) is 4.25. The zero-order valence-corrected chi connectivity index (χ0v) is 19.4. The molecule has 0 radical (unpaired) electrons. The van der Waals surface area contributed by atoms with Crippen LogP contribution >= 0.6 is 0 Å². The van der Waals surface area contributed by atoms with Gasteiger partial charge in [-0.15, -0.1) is 0 Å². The van der Waals surface area contributed by atoms with Crippen LogP contribution in [0.2, 0.25) is 0 Å². The van der Waals surface area contributed by atoms with Gasteiger partial charge in [-0.3, -0.25) is 9.36 Å². The van der Waals surface area contributed by atoms with Crippen molar-refractivity contribution >= 4 is 0 Å². The quantitative estimate of drug-likeness (QED) is 0.463. The molecule has 174 valence electrons. The highest BCUT2D eigenvalue weighted by molar-refractivity contribution is 5.62. The van der Waals surface area contributed by atoms with Crippen LogP contribution < -0.4 is 10.3 Å². The lowest BCUT2D eigenvalue weighted by Crippen LogP contribution is -2.25. The zero-order chi connectivity index (χ0) is 24.5. The van der Waals surface area contributed by atoms with Crippen molar-refractivity contribution in [2.45, 2.75) is 39.9 Å². The molecular formula is C26H25FN4O3. The van der Waals surface area contributed by atoms with Crippen LogP contribution in [0.3, 0.4) is 0 Å². The molecule has 0 spiro atoms. The van der Waals surface area contributed by atoms with Gasteiger partial charge in [-0.25, -0.2) is 14.4 Å². The van der Waals surface area contributed by atoms with E-state index in [0.717, 1.165) is 11.1 Å². The Labute approximate surface area is 196 Å². The van der Waals surface area contributed by atoms with E-state index in [0.29, 0.717) is 28.6 Å². The summed E-state index contributed by atoms with van der Waals surface area (Å²) in [4.78, 5) is 26.4. The van der Waals surface area contributed by atoms with E-state index in [2.05, 4.69) is 15.0 Å². The minimum atomic E-state index is -1.17. The Hall–Kier alpha value is -3.91. The third-order valence-corrected chi connectivity index (χ3v) is 5.32. The molecule has 2 aromatic carbocycles. The molecule has 4 rings (SSSR count). The highest BCUT2D eigenvalue weighted by atomic mass is 19.1. The van der Waals surface area contributed by atoms with Gasteiger partial charge in [0.05, 0.1) is 16.9 Å². The summed E-state index contributed by atoms with van der Waals surface area (Å²) in [6.45, 7) is 6.81. The van der Waals surface area contributed by atoms with Gasteiger partial charge in [-0.05, 0) is 63.6 Å². The summed E-state index contributed by atoms with van der Waals surface area (Å²) in [6.07, 6.45) is 1.60. The summed E-state index contributed by atoms with van der Waals surface area (Å²) < 4.78 is 20.4. The fourth-order valence-corrected chi connectivity index (χ4v) is 3.48. The van der Waals surface area contributed by atoms with Gasteiger partial charge in [-0.2, -0.15) is 4.98 Å². The first-order chi connectivity index (χ1) is 16.1. The average molecular weight is 461 g/mol. The number of aliphatic hydroxyl groups is 1. The number of hydrogen-bond donors (Lipinski definition) is 1. The molecule has 7 nitrogen and oxygen atoms in total. The molecule has 0 atom stereocenters.